The molecule has 0 atom stereocenters. The van der Waals surface area contributed by atoms with Gasteiger partial charge in [-0.25, -0.2) is 14.2 Å². The number of aryl methyl sites for hydroxylation is 1. The Hall–Kier alpha value is -2.90. The maximum Gasteiger partial charge on any atom is 0.333 e. The lowest BCUT2D eigenvalue weighted by Gasteiger charge is -2.36. The molecule has 7 nitrogen and oxygen atoms in total. The van der Waals surface area contributed by atoms with E-state index in [1.54, 1.807) is 25.1 Å². The largest absolute Gasteiger partial charge is 0.368 e. The molecule has 0 unspecified atom stereocenters. The molecular formula is C16H19FN6O. The van der Waals surface area contributed by atoms with E-state index >= 15 is 0 Å². The number of nitrogens with two attached hydrogens (primary N) is 1. The van der Waals surface area contributed by atoms with Gasteiger partial charge in [0.05, 0.1) is 0 Å². The Bertz CT molecular complexity index is 727. The lowest BCUT2D eigenvalue weighted by Crippen LogP contribution is -2.49. The Balaban J connectivity index is 1.44. The molecule has 3 rings (SSSR count). The molecule has 1 aromatic heterocycles. The molecule has 0 radical (unpaired) electrons. The number of hydrogen-bond donors (Lipinski definition) is 4. The molecule has 0 bridgehead atoms. The summed E-state index contributed by atoms with van der Waals surface area (Å²) in [7, 11) is 0. The van der Waals surface area contributed by atoms with Crippen molar-refractivity contribution < 1.29 is 9.18 Å². The zero-order valence-electron chi connectivity index (χ0n) is 13.2. The van der Waals surface area contributed by atoms with E-state index in [1.165, 1.54) is 6.07 Å². The average molecular weight is 330 g/mol. The number of benzene rings is 1. The van der Waals surface area contributed by atoms with Crippen molar-refractivity contribution >= 4 is 17.8 Å². The number of hydrogen-bond acceptors (Lipinski definition) is 5. The molecule has 1 aromatic carbocycles. The van der Waals surface area contributed by atoms with Crippen molar-refractivity contribution in [2.75, 3.05) is 11.2 Å². The van der Waals surface area contributed by atoms with Crippen molar-refractivity contribution in [3.8, 4) is 0 Å². The molecule has 8 heteroatoms. The fraction of sp³-hybridized carbons (Fsp3) is 0.312. The van der Waals surface area contributed by atoms with E-state index in [0.717, 1.165) is 18.4 Å². The van der Waals surface area contributed by atoms with Gasteiger partial charge in [0.25, 0.3) is 0 Å². The second-order valence-electron chi connectivity index (χ2n) is 5.90. The highest BCUT2D eigenvalue weighted by atomic mass is 19.1. The van der Waals surface area contributed by atoms with E-state index in [1.807, 2.05) is 6.07 Å². The monoisotopic (exact) mass is 330 g/mol. The summed E-state index contributed by atoms with van der Waals surface area (Å²) in [5.41, 5.74) is 12.4. The van der Waals surface area contributed by atoms with Crippen LogP contribution < -0.4 is 21.9 Å². The molecule has 5 N–H and O–H groups in total. The van der Waals surface area contributed by atoms with Crippen molar-refractivity contribution in [1.29, 1.82) is 0 Å². The van der Waals surface area contributed by atoms with E-state index in [9.17, 15) is 9.18 Å². The van der Waals surface area contributed by atoms with Crippen LogP contribution in [0.15, 0.2) is 30.3 Å². The molecule has 126 valence electrons. The lowest BCUT2D eigenvalue weighted by molar-refractivity contribution is 0.224. The van der Waals surface area contributed by atoms with E-state index < -0.39 is 0 Å². The summed E-state index contributed by atoms with van der Waals surface area (Å²) in [6, 6.07) is 7.97. The molecule has 2 aromatic rings. The highest BCUT2D eigenvalue weighted by molar-refractivity contribution is 5.75. The second-order valence-corrected chi connectivity index (χ2v) is 5.90. The lowest BCUT2D eigenvalue weighted by atomic mass is 9.76. The maximum atomic E-state index is 13.2. The quantitative estimate of drug-likeness (QED) is 0.642. The highest BCUT2D eigenvalue weighted by Gasteiger charge is 2.31. The zero-order valence-corrected chi connectivity index (χ0v) is 13.2. The van der Waals surface area contributed by atoms with Gasteiger partial charge in [-0.3, -0.25) is 10.9 Å². The van der Waals surface area contributed by atoms with Gasteiger partial charge in [-0.05, 0) is 43.4 Å². The molecule has 2 amide bonds. The molecule has 1 aliphatic carbocycles. The predicted octanol–water partition coefficient (Wildman–Crippen LogP) is 2.08. The summed E-state index contributed by atoms with van der Waals surface area (Å²) in [5.74, 6) is 0.603. The van der Waals surface area contributed by atoms with Gasteiger partial charge in [0.1, 0.15) is 11.6 Å². The minimum Gasteiger partial charge on any atom is -0.368 e. The molecule has 1 heterocycles. The molecule has 24 heavy (non-hydrogen) atoms. The second kappa shape index (κ2) is 6.69. The molecule has 0 aliphatic heterocycles. The molecule has 1 aliphatic rings. The number of urea groups is 1. The van der Waals surface area contributed by atoms with Crippen LogP contribution in [0.1, 0.15) is 30.0 Å². The van der Waals surface area contributed by atoms with Crippen LogP contribution in [-0.2, 0) is 0 Å². The van der Waals surface area contributed by atoms with Crippen LogP contribution in [0.4, 0.5) is 21.0 Å². The van der Waals surface area contributed by atoms with Crippen LogP contribution in [0.5, 0.6) is 0 Å². The number of halogens is 1. The Morgan fingerprint density at radius 2 is 2.08 bits per heavy atom. The van der Waals surface area contributed by atoms with Gasteiger partial charge >= 0.3 is 6.03 Å². The number of nitrogens with zero attached hydrogens (tertiary/aromatic N) is 2. The number of anilines is 2. The number of hydrazine groups is 1. The van der Waals surface area contributed by atoms with Gasteiger partial charge in [-0.1, -0.05) is 12.1 Å². The van der Waals surface area contributed by atoms with E-state index in [-0.39, 0.29) is 29.8 Å². The number of amides is 2. The Kier molecular flexibility index (Phi) is 4.45. The van der Waals surface area contributed by atoms with Crippen LogP contribution in [0.25, 0.3) is 0 Å². The van der Waals surface area contributed by atoms with E-state index in [2.05, 4.69) is 26.1 Å². The first-order valence-electron chi connectivity index (χ1n) is 7.69. The van der Waals surface area contributed by atoms with Gasteiger partial charge in [0, 0.05) is 17.8 Å². The first kappa shape index (κ1) is 16.0. The Morgan fingerprint density at radius 3 is 2.79 bits per heavy atom. The van der Waals surface area contributed by atoms with Gasteiger partial charge in [-0.15, -0.1) is 0 Å². The molecule has 0 saturated heterocycles. The number of carbonyl (C=O) groups excluding carboxylic acids is 1. The van der Waals surface area contributed by atoms with Gasteiger partial charge in [0.2, 0.25) is 5.95 Å². The van der Waals surface area contributed by atoms with Crippen LogP contribution in [0.2, 0.25) is 0 Å². The minimum absolute atomic E-state index is 0.0669. The Morgan fingerprint density at radius 1 is 1.29 bits per heavy atom. The average Bonchev–Trinajstić information content (AvgIpc) is 2.47. The molecule has 0 spiro atoms. The number of nitrogens with one attached hydrogen (secondary N) is 3. The van der Waals surface area contributed by atoms with Crippen LogP contribution >= 0.6 is 0 Å². The smallest absolute Gasteiger partial charge is 0.333 e. The normalized spacial score (nSPS) is 19.2. The summed E-state index contributed by atoms with van der Waals surface area (Å²) in [6.45, 7) is 1.78. The highest BCUT2D eigenvalue weighted by Crippen LogP contribution is 2.36. The number of aromatic nitrogens is 2. The molecular weight excluding hydrogens is 311 g/mol. The summed E-state index contributed by atoms with van der Waals surface area (Å²) in [6.07, 6.45) is 1.58. The molecule has 1 fully saturated rings. The van der Waals surface area contributed by atoms with Crippen molar-refractivity contribution in [2.45, 2.75) is 31.7 Å². The number of carbonyl (C=O) groups is 1. The van der Waals surface area contributed by atoms with Crippen LogP contribution in [0.3, 0.4) is 0 Å². The van der Waals surface area contributed by atoms with Gasteiger partial charge in [-0.2, -0.15) is 4.98 Å². The van der Waals surface area contributed by atoms with E-state index in [4.69, 9.17) is 5.73 Å². The van der Waals surface area contributed by atoms with Gasteiger partial charge < -0.3 is 11.1 Å². The number of rotatable bonds is 4. The van der Waals surface area contributed by atoms with Crippen molar-refractivity contribution in [1.82, 2.24) is 20.7 Å². The van der Waals surface area contributed by atoms with E-state index in [0.29, 0.717) is 11.5 Å². The first-order valence-corrected chi connectivity index (χ1v) is 7.69. The summed E-state index contributed by atoms with van der Waals surface area (Å²) in [4.78, 5) is 19.8. The fourth-order valence-corrected chi connectivity index (χ4v) is 2.77. The third-order valence-electron chi connectivity index (χ3n) is 3.97. The third-order valence-corrected chi connectivity index (χ3v) is 3.97. The van der Waals surface area contributed by atoms with Crippen LogP contribution in [0, 0.1) is 12.7 Å². The third kappa shape index (κ3) is 3.89. The minimum atomic E-state index is -0.354. The van der Waals surface area contributed by atoms with Crippen molar-refractivity contribution in [2.24, 2.45) is 0 Å². The predicted molar refractivity (Wildman–Crippen MR) is 88.6 cm³/mol. The summed E-state index contributed by atoms with van der Waals surface area (Å²) < 4.78 is 13.2. The fourth-order valence-electron chi connectivity index (χ4n) is 2.77. The number of nitrogen functional groups attached to an aromatic ring is 1. The Labute approximate surface area is 138 Å². The topological polar surface area (TPSA) is 105 Å². The van der Waals surface area contributed by atoms with Crippen LogP contribution in [-0.4, -0.2) is 22.0 Å². The zero-order chi connectivity index (χ0) is 17.1. The summed E-state index contributed by atoms with van der Waals surface area (Å²) >= 11 is 0. The maximum absolute atomic E-state index is 13.2. The SMILES string of the molecule is Cc1cc(NNC(=O)NC2CC(c3cccc(F)c3)C2)nc(N)n1. The van der Waals surface area contributed by atoms with Gasteiger partial charge in [0.15, 0.2) is 0 Å². The molecule has 1 saturated carbocycles. The first-order chi connectivity index (χ1) is 11.5. The van der Waals surface area contributed by atoms with Crippen molar-refractivity contribution in [3.05, 3.63) is 47.4 Å². The standard InChI is InChI=1S/C16H19FN6O/c1-9-5-14(21-15(18)19-9)22-23-16(24)20-13-7-11(8-13)10-3-2-4-12(17)6-10/h2-6,11,13H,7-8H2,1H3,(H2,20,23,24)(H3,18,19,21,22). The summed E-state index contributed by atoms with van der Waals surface area (Å²) in [5, 5.41) is 2.85. The van der Waals surface area contributed by atoms with Crippen molar-refractivity contribution in [3.63, 3.8) is 0 Å².